The Kier molecular flexibility index (Phi) is 5.83. The van der Waals surface area contributed by atoms with E-state index in [1.165, 1.54) is 0 Å². The minimum absolute atomic E-state index is 0.404. The Morgan fingerprint density at radius 2 is 1.59 bits per heavy atom. The van der Waals surface area contributed by atoms with Crippen molar-refractivity contribution in [3.63, 3.8) is 0 Å². The Bertz CT molecular complexity index is 911. The van der Waals surface area contributed by atoms with E-state index in [2.05, 4.69) is 20.6 Å². The average Bonchev–Trinajstić information content (AvgIpc) is 2.69. The van der Waals surface area contributed by atoms with Crippen molar-refractivity contribution in [3.8, 4) is 17.2 Å². The van der Waals surface area contributed by atoms with Gasteiger partial charge in [-0.2, -0.15) is 4.98 Å². The van der Waals surface area contributed by atoms with Crippen LogP contribution in [-0.2, 0) is 0 Å². The molecule has 0 saturated carbocycles. The number of anilines is 4. The first-order chi connectivity index (χ1) is 13.1. The topological polar surface area (TPSA) is 77.5 Å². The van der Waals surface area contributed by atoms with E-state index in [9.17, 15) is 0 Å². The van der Waals surface area contributed by atoms with Gasteiger partial charge in [-0.05, 0) is 18.2 Å². The van der Waals surface area contributed by atoms with Crippen LogP contribution in [0.4, 0.5) is 23.1 Å². The van der Waals surface area contributed by atoms with Gasteiger partial charge in [-0.3, -0.25) is 0 Å². The normalized spacial score (nSPS) is 10.2. The highest BCUT2D eigenvalue weighted by Gasteiger charge is 2.14. The van der Waals surface area contributed by atoms with Crippen LogP contribution in [0.5, 0.6) is 17.2 Å². The molecule has 0 bridgehead atoms. The van der Waals surface area contributed by atoms with Gasteiger partial charge in [-0.1, -0.05) is 23.7 Å². The zero-order chi connectivity index (χ0) is 19.2. The van der Waals surface area contributed by atoms with Gasteiger partial charge in [0.25, 0.3) is 0 Å². The number of hydrogen-bond donors (Lipinski definition) is 2. The van der Waals surface area contributed by atoms with Crippen molar-refractivity contribution in [2.75, 3.05) is 32.0 Å². The number of methoxy groups -OCH3 is 3. The molecule has 2 aromatic carbocycles. The number of nitrogens with zero attached hydrogens (tertiary/aromatic N) is 2. The number of hydrogen-bond acceptors (Lipinski definition) is 7. The molecule has 1 heterocycles. The highest BCUT2D eigenvalue weighted by molar-refractivity contribution is 6.33. The van der Waals surface area contributed by atoms with E-state index in [1.807, 2.05) is 18.2 Å². The molecule has 3 aromatic rings. The first kappa shape index (κ1) is 18.6. The zero-order valence-corrected chi connectivity index (χ0v) is 15.9. The van der Waals surface area contributed by atoms with Crippen molar-refractivity contribution >= 4 is 34.7 Å². The van der Waals surface area contributed by atoms with Crippen LogP contribution in [0.15, 0.2) is 48.7 Å². The van der Waals surface area contributed by atoms with Crippen molar-refractivity contribution in [3.05, 3.63) is 53.7 Å². The number of ether oxygens (including phenoxy) is 3. The second-order valence-corrected chi connectivity index (χ2v) is 5.82. The lowest BCUT2D eigenvalue weighted by Crippen LogP contribution is -2.02. The first-order valence-electron chi connectivity index (χ1n) is 8.06. The van der Waals surface area contributed by atoms with Gasteiger partial charge in [-0.25, -0.2) is 4.98 Å². The van der Waals surface area contributed by atoms with Crippen molar-refractivity contribution in [1.29, 1.82) is 0 Å². The molecule has 140 valence electrons. The van der Waals surface area contributed by atoms with Crippen molar-refractivity contribution in [1.82, 2.24) is 9.97 Å². The predicted octanol–water partition coefficient (Wildman–Crippen LogP) is 4.64. The number of benzene rings is 2. The molecule has 27 heavy (non-hydrogen) atoms. The molecule has 0 fully saturated rings. The van der Waals surface area contributed by atoms with Crippen LogP contribution in [0.1, 0.15) is 0 Å². The molecule has 0 atom stereocenters. The van der Waals surface area contributed by atoms with Gasteiger partial charge >= 0.3 is 0 Å². The molecule has 2 N–H and O–H groups in total. The van der Waals surface area contributed by atoms with Crippen molar-refractivity contribution in [2.24, 2.45) is 0 Å². The van der Waals surface area contributed by atoms with E-state index in [0.717, 1.165) is 5.69 Å². The number of aromatic nitrogens is 2. The fourth-order valence-electron chi connectivity index (χ4n) is 2.47. The summed E-state index contributed by atoms with van der Waals surface area (Å²) in [5, 5.41) is 6.91. The lowest BCUT2D eigenvalue weighted by molar-refractivity contribution is 0.324. The minimum Gasteiger partial charge on any atom is -0.493 e. The number of para-hydroxylation sites is 1. The molecule has 0 aliphatic heterocycles. The van der Waals surface area contributed by atoms with Crippen molar-refractivity contribution in [2.45, 2.75) is 0 Å². The summed E-state index contributed by atoms with van der Waals surface area (Å²) in [6.45, 7) is 0. The van der Waals surface area contributed by atoms with Crippen LogP contribution in [0.3, 0.4) is 0 Å². The average molecular weight is 387 g/mol. The standard InChI is InChI=1S/C19H19ClN4O3/c1-25-15-10-12(11-16(26-2)18(15)27-3)22-19-21-9-8-17(24-19)23-14-7-5-4-6-13(14)20/h4-11H,1-3H3,(H2,21,22,23,24). The Labute approximate surface area is 162 Å². The van der Waals surface area contributed by atoms with E-state index >= 15 is 0 Å². The molecule has 1 aromatic heterocycles. The van der Waals surface area contributed by atoms with Crippen LogP contribution < -0.4 is 24.8 Å². The van der Waals surface area contributed by atoms with Gasteiger partial charge in [0, 0.05) is 24.0 Å². The number of nitrogens with one attached hydrogen (secondary N) is 2. The van der Waals surface area contributed by atoms with E-state index in [-0.39, 0.29) is 0 Å². The summed E-state index contributed by atoms with van der Waals surface area (Å²) in [4.78, 5) is 8.70. The monoisotopic (exact) mass is 386 g/mol. The quantitative estimate of drug-likeness (QED) is 0.612. The summed E-state index contributed by atoms with van der Waals surface area (Å²) in [6, 6.07) is 12.7. The molecule has 0 saturated heterocycles. The predicted molar refractivity (Wildman–Crippen MR) is 106 cm³/mol. The highest BCUT2D eigenvalue weighted by atomic mass is 35.5. The molecule has 0 amide bonds. The van der Waals surface area contributed by atoms with E-state index in [4.69, 9.17) is 25.8 Å². The molecule has 0 aliphatic rings. The van der Waals surface area contributed by atoms with Crippen LogP contribution in [0, 0.1) is 0 Å². The maximum absolute atomic E-state index is 6.18. The molecule has 3 rings (SSSR count). The molecule has 0 radical (unpaired) electrons. The van der Waals surface area contributed by atoms with Gasteiger partial charge in [0.05, 0.1) is 32.0 Å². The Hall–Kier alpha value is -3.19. The van der Waals surface area contributed by atoms with Crippen LogP contribution >= 0.6 is 11.6 Å². The lowest BCUT2D eigenvalue weighted by atomic mass is 10.2. The van der Waals surface area contributed by atoms with Crippen molar-refractivity contribution < 1.29 is 14.2 Å². The third-order valence-electron chi connectivity index (χ3n) is 3.71. The largest absolute Gasteiger partial charge is 0.493 e. The minimum atomic E-state index is 0.404. The smallest absolute Gasteiger partial charge is 0.229 e. The van der Waals surface area contributed by atoms with Gasteiger partial charge in [0.15, 0.2) is 11.5 Å². The molecular formula is C19H19ClN4O3. The van der Waals surface area contributed by atoms with E-state index in [0.29, 0.717) is 39.7 Å². The Balaban J connectivity index is 1.85. The maximum atomic E-state index is 6.18. The van der Waals surface area contributed by atoms with Gasteiger partial charge < -0.3 is 24.8 Å². The van der Waals surface area contributed by atoms with Crippen LogP contribution in [0.25, 0.3) is 0 Å². The summed E-state index contributed by atoms with van der Waals surface area (Å²) in [6.07, 6.45) is 1.65. The fourth-order valence-corrected chi connectivity index (χ4v) is 2.65. The SMILES string of the molecule is COc1cc(Nc2nccc(Nc3ccccc3Cl)n2)cc(OC)c1OC. The number of halogens is 1. The second kappa shape index (κ2) is 8.46. The van der Waals surface area contributed by atoms with E-state index < -0.39 is 0 Å². The fraction of sp³-hybridized carbons (Fsp3) is 0.158. The second-order valence-electron chi connectivity index (χ2n) is 5.41. The zero-order valence-electron chi connectivity index (χ0n) is 15.1. The molecule has 0 aliphatic carbocycles. The summed E-state index contributed by atoms with van der Waals surface area (Å²) < 4.78 is 16.0. The molecule has 7 nitrogen and oxygen atoms in total. The molecule has 0 unspecified atom stereocenters. The summed E-state index contributed by atoms with van der Waals surface area (Å²) in [7, 11) is 4.68. The van der Waals surface area contributed by atoms with E-state index in [1.54, 1.807) is 51.8 Å². The maximum Gasteiger partial charge on any atom is 0.229 e. The van der Waals surface area contributed by atoms with Crippen LogP contribution in [-0.4, -0.2) is 31.3 Å². The lowest BCUT2D eigenvalue weighted by Gasteiger charge is -2.15. The van der Waals surface area contributed by atoms with Crippen LogP contribution in [0.2, 0.25) is 5.02 Å². The highest BCUT2D eigenvalue weighted by Crippen LogP contribution is 2.40. The Morgan fingerprint density at radius 3 is 2.22 bits per heavy atom. The first-order valence-corrected chi connectivity index (χ1v) is 8.44. The molecular weight excluding hydrogens is 368 g/mol. The van der Waals surface area contributed by atoms with Gasteiger partial charge in [0.2, 0.25) is 11.7 Å². The van der Waals surface area contributed by atoms with Gasteiger partial charge in [0.1, 0.15) is 5.82 Å². The summed E-state index contributed by atoms with van der Waals surface area (Å²) in [5.41, 5.74) is 1.45. The number of rotatable bonds is 7. The Morgan fingerprint density at radius 1 is 0.889 bits per heavy atom. The van der Waals surface area contributed by atoms with Gasteiger partial charge in [-0.15, -0.1) is 0 Å². The molecule has 0 spiro atoms. The third kappa shape index (κ3) is 4.32. The summed E-state index contributed by atoms with van der Waals surface area (Å²) >= 11 is 6.18. The molecule has 8 heteroatoms. The summed E-state index contributed by atoms with van der Waals surface area (Å²) in [5.74, 6) is 2.59. The third-order valence-corrected chi connectivity index (χ3v) is 4.04.